The van der Waals surface area contributed by atoms with Gasteiger partial charge in [0.15, 0.2) is 0 Å². The Bertz CT molecular complexity index is 714. The van der Waals surface area contributed by atoms with Crippen LogP contribution in [0.2, 0.25) is 0 Å². The number of carbonyl (C=O) groups excluding carboxylic acids is 2. The van der Waals surface area contributed by atoms with Gasteiger partial charge < -0.3 is 14.7 Å². The van der Waals surface area contributed by atoms with Gasteiger partial charge in [0.25, 0.3) is 0 Å². The number of carbonyl (C=O) groups is 2. The summed E-state index contributed by atoms with van der Waals surface area (Å²) in [4.78, 5) is 24.8. The standard InChI is InChI=1S/C15H20N2O6S/c1-10(18)14(15(20)23-2)16-24(21,22)12-7-5-11(6-8-12)17-9-3-4-13(17)19/h5-8,10,14,16,18H,3-4,9H2,1-2H3/t10-,14+/m0/s1. The molecule has 0 aromatic heterocycles. The number of rotatable bonds is 6. The number of methoxy groups -OCH3 is 1. The van der Waals surface area contributed by atoms with Gasteiger partial charge in [0.1, 0.15) is 6.04 Å². The fourth-order valence-electron chi connectivity index (χ4n) is 2.43. The third kappa shape index (κ3) is 3.92. The van der Waals surface area contributed by atoms with Crippen LogP contribution in [-0.4, -0.2) is 51.2 Å². The first-order valence-electron chi connectivity index (χ1n) is 7.45. The Kier molecular flexibility index (Phi) is 5.58. The van der Waals surface area contributed by atoms with Crippen molar-refractivity contribution in [2.75, 3.05) is 18.6 Å². The molecule has 132 valence electrons. The van der Waals surface area contributed by atoms with Crippen molar-refractivity contribution in [2.24, 2.45) is 0 Å². The number of hydrogen-bond donors (Lipinski definition) is 2. The van der Waals surface area contributed by atoms with Crippen LogP contribution in [-0.2, 0) is 24.3 Å². The topological polar surface area (TPSA) is 113 Å². The van der Waals surface area contributed by atoms with Crippen LogP contribution < -0.4 is 9.62 Å². The molecule has 8 nitrogen and oxygen atoms in total. The van der Waals surface area contributed by atoms with Gasteiger partial charge >= 0.3 is 5.97 Å². The van der Waals surface area contributed by atoms with Gasteiger partial charge in [0.05, 0.1) is 18.1 Å². The van der Waals surface area contributed by atoms with Crippen molar-refractivity contribution in [3.63, 3.8) is 0 Å². The van der Waals surface area contributed by atoms with Crippen LogP contribution in [0.15, 0.2) is 29.2 Å². The van der Waals surface area contributed by atoms with Crippen molar-refractivity contribution in [3.8, 4) is 0 Å². The summed E-state index contributed by atoms with van der Waals surface area (Å²) in [6.45, 7) is 1.89. The molecule has 9 heteroatoms. The second-order valence-electron chi connectivity index (χ2n) is 5.51. The number of nitrogens with zero attached hydrogens (tertiary/aromatic N) is 1. The second kappa shape index (κ2) is 7.29. The van der Waals surface area contributed by atoms with Crippen molar-refractivity contribution in [1.82, 2.24) is 4.72 Å². The van der Waals surface area contributed by atoms with E-state index in [0.717, 1.165) is 13.5 Å². The van der Waals surface area contributed by atoms with Gasteiger partial charge in [-0.2, -0.15) is 4.72 Å². The van der Waals surface area contributed by atoms with Crippen LogP contribution in [0.3, 0.4) is 0 Å². The smallest absolute Gasteiger partial charge is 0.326 e. The van der Waals surface area contributed by atoms with Crippen molar-refractivity contribution in [3.05, 3.63) is 24.3 Å². The largest absolute Gasteiger partial charge is 0.468 e. The van der Waals surface area contributed by atoms with Crippen LogP contribution >= 0.6 is 0 Å². The molecule has 24 heavy (non-hydrogen) atoms. The Hall–Kier alpha value is -1.97. The van der Waals surface area contributed by atoms with Crippen molar-refractivity contribution in [1.29, 1.82) is 0 Å². The summed E-state index contributed by atoms with van der Waals surface area (Å²) in [7, 11) is -2.92. The maximum atomic E-state index is 12.4. The quantitative estimate of drug-likeness (QED) is 0.695. The van der Waals surface area contributed by atoms with Gasteiger partial charge in [-0.25, -0.2) is 8.42 Å². The highest BCUT2D eigenvalue weighted by Gasteiger charge is 2.30. The van der Waals surface area contributed by atoms with Gasteiger partial charge in [-0.05, 0) is 37.6 Å². The predicted octanol–water partition coefficient (Wildman–Crippen LogP) is 0.0141. The van der Waals surface area contributed by atoms with E-state index in [2.05, 4.69) is 9.46 Å². The summed E-state index contributed by atoms with van der Waals surface area (Å²) >= 11 is 0. The molecule has 0 bridgehead atoms. The van der Waals surface area contributed by atoms with E-state index < -0.39 is 28.1 Å². The van der Waals surface area contributed by atoms with Gasteiger partial charge in [-0.3, -0.25) is 9.59 Å². The summed E-state index contributed by atoms with van der Waals surface area (Å²) in [6, 6.07) is 4.36. The molecule has 2 atom stereocenters. The third-order valence-electron chi connectivity index (χ3n) is 3.75. The zero-order valence-electron chi connectivity index (χ0n) is 13.4. The van der Waals surface area contributed by atoms with Gasteiger partial charge in [-0.1, -0.05) is 0 Å². The number of anilines is 1. The molecule has 1 saturated heterocycles. The molecule has 0 saturated carbocycles. The molecule has 1 aliphatic rings. The Morgan fingerprint density at radius 1 is 1.33 bits per heavy atom. The second-order valence-corrected chi connectivity index (χ2v) is 7.22. The zero-order valence-corrected chi connectivity index (χ0v) is 14.2. The highest BCUT2D eigenvalue weighted by Crippen LogP contribution is 2.23. The first-order valence-corrected chi connectivity index (χ1v) is 8.93. The first-order chi connectivity index (χ1) is 11.3. The van der Waals surface area contributed by atoms with Gasteiger partial charge in [0, 0.05) is 18.7 Å². The fraction of sp³-hybridized carbons (Fsp3) is 0.467. The molecule has 1 fully saturated rings. The van der Waals surface area contributed by atoms with E-state index in [9.17, 15) is 23.1 Å². The van der Waals surface area contributed by atoms with Crippen LogP contribution in [0, 0.1) is 0 Å². The number of benzene rings is 1. The Morgan fingerprint density at radius 3 is 2.42 bits per heavy atom. The molecule has 1 heterocycles. The van der Waals surface area contributed by atoms with Crippen LogP contribution in [0.1, 0.15) is 19.8 Å². The molecule has 2 rings (SSSR count). The molecule has 1 aromatic rings. The van der Waals surface area contributed by atoms with Crippen molar-refractivity contribution >= 4 is 27.6 Å². The number of esters is 1. The Labute approximate surface area is 140 Å². The highest BCUT2D eigenvalue weighted by molar-refractivity contribution is 7.89. The molecule has 0 radical (unpaired) electrons. The minimum absolute atomic E-state index is 0.00333. The third-order valence-corrected chi connectivity index (χ3v) is 5.21. The first kappa shape index (κ1) is 18.4. The van der Waals surface area contributed by atoms with E-state index in [1.54, 1.807) is 4.90 Å². The molecular weight excluding hydrogens is 336 g/mol. The Balaban J connectivity index is 2.20. The lowest BCUT2D eigenvalue weighted by Gasteiger charge is -2.19. The van der Waals surface area contributed by atoms with Crippen LogP contribution in [0.5, 0.6) is 0 Å². The summed E-state index contributed by atoms with van der Waals surface area (Å²) in [5.41, 5.74) is 0.622. The normalized spacial score (nSPS) is 17.6. The van der Waals surface area contributed by atoms with E-state index in [1.165, 1.54) is 31.2 Å². The average Bonchev–Trinajstić information content (AvgIpc) is 2.98. The summed E-state index contributed by atoms with van der Waals surface area (Å²) in [6.07, 6.45) is 0.000574. The number of sulfonamides is 1. The number of hydrogen-bond acceptors (Lipinski definition) is 6. The Morgan fingerprint density at radius 2 is 1.96 bits per heavy atom. The molecule has 0 aliphatic carbocycles. The summed E-state index contributed by atoms with van der Waals surface area (Å²) in [5, 5.41) is 9.57. The molecule has 2 N–H and O–H groups in total. The number of aliphatic hydroxyl groups is 1. The molecule has 1 aromatic carbocycles. The van der Waals surface area contributed by atoms with Crippen molar-refractivity contribution < 1.29 is 27.9 Å². The molecular formula is C15H20N2O6S. The SMILES string of the molecule is COC(=O)[C@H](NS(=O)(=O)c1ccc(N2CCCC2=O)cc1)[C@H](C)O. The fourth-order valence-corrected chi connectivity index (χ4v) is 3.69. The van der Waals surface area contributed by atoms with E-state index in [0.29, 0.717) is 18.7 Å². The van der Waals surface area contributed by atoms with Crippen molar-refractivity contribution in [2.45, 2.75) is 36.8 Å². The summed E-state index contributed by atoms with van der Waals surface area (Å²) in [5.74, 6) is -0.878. The van der Waals surface area contributed by atoms with Gasteiger partial charge in [-0.15, -0.1) is 0 Å². The van der Waals surface area contributed by atoms with Gasteiger partial charge in [0.2, 0.25) is 15.9 Å². The monoisotopic (exact) mass is 356 g/mol. The number of ether oxygens (including phenoxy) is 1. The van der Waals surface area contributed by atoms with E-state index in [1.807, 2.05) is 0 Å². The maximum Gasteiger partial charge on any atom is 0.326 e. The highest BCUT2D eigenvalue weighted by atomic mass is 32.2. The lowest BCUT2D eigenvalue weighted by Crippen LogP contribution is -2.48. The predicted molar refractivity (Wildman–Crippen MR) is 85.8 cm³/mol. The maximum absolute atomic E-state index is 12.4. The lowest BCUT2D eigenvalue weighted by molar-refractivity contribution is -0.145. The van der Waals surface area contributed by atoms with E-state index in [4.69, 9.17) is 0 Å². The zero-order chi connectivity index (χ0) is 17.9. The molecule has 1 aliphatic heterocycles. The molecule has 1 amide bonds. The lowest BCUT2D eigenvalue weighted by atomic mass is 10.2. The van der Waals surface area contributed by atoms with E-state index >= 15 is 0 Å². The van der Waals surface area contributed by atoms with Crippen LogP contribution in [0.25, 0.3) is 0 Å². The summed E-state index contributed by atoms with van der Waals surface area (Å²) < 4.78 is 31.3. The molecule has 0 spiro atoms. The number of amides is 1. The minimum atomic E-state index is -4.03. The average molecular weight is 356 g/mol. The minimum Gasteiger partial charge on any atom is -0.468 e. The van der Waals surface area contributed by atoms with E-state index in [-0.39, 0.29) is 10.8 Å². The van der Waals surface area contributed by atoms with Crippen LogP contribution in [0.4, 0.5) is 5.69 Å². The number of aliphatic hydroxyl groups excluding tert-OH is 1. The number of nitrogens with one attached hydrogen (secondary N) is 1. The molecule has 0 unspecified atom stereocenters.